The van der Waals surface area contributed by atoms with Crippen molar-refractivity contribution >= 4 is 27.6 Å². The lowest BCUT2D eigenvalue weighted by molar-refractivity contribution is 0.825. The van der Waals surface area contributed by atoms with E-state index in [1.807, 2.05) is 12.1 Å². The van der Waals surface area contributed by atoms with Crippen molar-refractivity contribution in [3.8, 4) is 0 Å². The van der Waals surface area contributed by atoms with E-state index in [-0.39, 0.29) is 0 Å². The molecule has 0 heterocycles. The van der Waals surface area contributed by atoms with Gasteiger partial charge in [-0.05, 0) is 36.1 Å². The van der Waals surface area contributed by atoms with Gasteiger partial charge in [-0.1, -0.05) is 77.8 Å². The molecular weight excluding hydrogens is 308 g/mol. The molecule has 1 heteroatoms. The number of hydrogen-bond acceptors (Lipinski definition) is 0. The molecule has 20 heavy (non-hydrogen) atoms. The van der Waals surface area contributed by atoms with E-state index in [0.29, 0.717) is 0 Å². The summed E-state index contributed by atoms with van der Waals surface area (Å²) >= 11 is 3.57. The molecule has 0 aliphatic rings. The summed E-state index contributed by atoms with van der Waals surface area (Å²) in [6.07, 6.45) is 5.54. The molecule has 0 bridgehead atoms. The standard InChI is InChI=1S/C19H19Br/c1-2-3-9-17(16-10-5-4-6-11-16)14-15-18-12-7-8-13-19(18)20/h4-8,10-13,15H,2-3,9H2,1H3. The van der Waals surface area contributed by atoms with Crippen molar-refractivity contribution in [1.29, 1.82) is 0 Å². The minimum absolute atomic E-state index is 1.07. The zero-order chi connectivity index (χ0) is 14.2. The van der Waals surface area contributed by atoms with Gasteiger partial charge >= 0.3 is 0 Å². The highest BCUT2D eigenvalue weighted by Gasteiger charge is 2.00. The third kappa shape index (κ3) is 4.23. The van der Waals surface area contributed by atoms with E-state index in [0.717, 1.165) is 16.5 Å². The van der Waals surface area contributed by atoms with E-state index in [4.69, 9.17) is 0 Å². The molecule has 0 N–H and O–H groups in total. The van der Waals surface area contributed by atoms with Crippen molar-refractivity contribution in [2.45, 2.75) is 26.2 Å². The van der Waals surface area contributed by atoms with Crippen molar-refractivity contribution in [2.75, 3.05) is 0 Å². The van der Waals surface area contributed by atoms with E-state index >= 15 is 0 Å². The first kappa shape index (κ1) is 14.8. The first-order chi connectivity index (χ1) is 9.81. The number of hydrogen-bond donors (Lipinski definition) is 0. The summed E-state index contributed by atoms with van der Waals surface area (Å²) in [5.74, 6) is 0. The third-order valence-electron chi connectivity index (χ3n) is 3.21. The number of rotatable bonds is 5. The molecule has 0 unspecified atom stereocenters. The predicted molar refractivity (Wildman–Crippen MR) is 91.5 cm³/mol. The van der Waals surface area contributed by atoms with Crippen molar-refractivity contribution in [1.82, 2.24) is 0 Å². The van der Waals surface area contributed by atoms with Crippen molar-refractivity contribution in [2.24, 2.45) is 0 Å². The van der Waals surface area contributed by atoms with Crippen LogP contribution in [0.15, 0.2) is 64.8 Å². The fraction of sp³-hybridized carbons (Fsp3) is 0.211. The smallest absolute Gasteiger partial charge is 0.0253 e. The Bertz CT molecular complexity index is 605. The number of benzene rings is 2. The molecule has 0 atom stereocenters. The van der Waals surface area contributed by atoms with Gasteiger partial charge in [0.2, 0.25) is 0 Å². The highest BCUT2D eigenvalue weighted by Crippen LogP contribution is 2.21. The molecule has 0 amide bonds. The second-order valence-corrected chi connectivity index (χ2v) is 5.61. The van der Waals surface area contributed by atoms with Crippen LogP contribution in [0.1, 0.15) is 37.3 Å². The Hall–Kier alpha value is -1.56. The SMILES string of the molecule is CCCCC(=C=Cc1ccccc1Br)c1ccccc1. The number of unbranched alkanes of at least 4 members (excludes halogenated alkanes) is 1. The lowest BCUT2D eigenvalue weighted by atomic mass is 10.0. The van der Waals surface area contributed by atoms with Gasteiger partial charge in [0, 0.05) is 10.0 Å². The summed E-state index contributed by atoms with van der Waals surface area (Å²) in [6.45, 7) is 2.22. The monoisotopic (exact) mass is 326 g/mol. The Labute approximate surface area is 130 Å². The first-order valence-corrected chi connectivity index (χ1v) is 7.86. The molecule has 102 valence electrons. The normalized spacial score (nSPS) is 9.90. The summed E-state index contributed by atoms with van der Waals surface area (Å²) < 4.78 is 1.11. The highest BCUT2D eigenvalue weighted by molar-refractivity contribution is 9.10. The second-order valence-electron chi connectivity index (χ2n) is 4.76. The van der Waals surface area contributed by atoms with Crippen LogP contribution in [-0.4, -0.2) is 0 Å². The molecule has 0 aromatic heterocycles. The van der Waals surface area contributed by atoms with E-state index < -0.39 is 0 Å². The fourth-order valence-corrected chi connectivity index (χ4v) is 2.45. The maximum absolute atomic E-state index is 3.57. The minimum atomic E-state index is 1.07. The van der Waals surface area contributed by atoms with Crippen LogP contribution in [0.3, 0.4) is 0 Å². The Kier molecular flexibility index (Phi) is 5.86. The molecule has 2 aromatic carbocycles. The summed E-state index contributed by atoms with van der Waals surface area (Å²) in [7, 11) is 0. The van der Waals surface area contributed by atoms with Crippen LogP contribution in [0, 0.1) is 0 Å². The van der Waals surface area contributed by atoms with E-state index in [2.05, 4.69) is 77.1 Å². The Morgan fingerprint density at radius 3 is 2.45 bits per heavy atom. The minimum Gasteiger partial charge on any atom is -0.116 e. The molecule has 2 rings (SSSR count). The molecular formula is C19H19Br. The zero-order valence-electron chi connectivity index (χ0n) is 11.8. The largest absolute Gasteiger partial charge is 0.116 e. The van der Waals surface area contributed by atoms with Gasteiger partial charge < -0.3 is 0 Å². The van der Waals surface area contributed by atoms with Gasteiger partial charge in [-0.15, -0.1) is 5.73 Å². The topological polar surface area (TPSA) is 0 Å². The van der Waals surface area contributed by atoms with Crippen molar-refractivity contribution in [3.63, 3.8) is 0 Å². The number of allylic oxidation sites excluding steroid dienone is 1. The van der Waals surface area contributed by atoms with Gasteiger partial charge in [-0.3, -0.25) is 0 Å². The Morgan fingerprint density at radius 2 is 1.75 bits per heavy atom. The average Bonchev–Trinajstić information content (AvgIpc) is 2.50. The van der Waals surface area contributed by atoms with E-state index in [9.17, 15) is 0 Å². The molecule has 0 spiro atoms. The summed E-state index contributed by atoms with van der Waals surface area (Å²) in [6, 6.07) is 18.8. The number of halogens is 1. The maximum Gasteiger partial charge on any atom is 0.0253 e. The Balaban J connectivity index is 2.36. The lowest BCUT2D eigenvalue weighted by Gasteiger charge is -2.04. The quantitative estimate of drug-likeness (QED) is 0.563. The van der Waals surface area contributed by atoms with Crippen LogP contribution in [-0.2, 0) is 0 Å². The summed E-state index contributed by atoms with van der Waals surface area (Å²) in [5, 5.41) is 0. The molecule has 0 radical (unpaired) electrons. The summed E-state index contributed by atoms with van der Waals surface area (Å²) in [4.78, 5) is 0. The van der Waals surface area contributed by atoms with Crippen molar-refractivity contribution in [3.05, 3.63) is 75.9 Å². The summed E-state index contributed by atoms with van der Waals surface area (Å²) in [5.41, 5.74) is 7.20. The Morgan fingerprint density at radius 1 is 1.05 bits per heavy atom. The molecule has 0 aliphatic carbocycles. The lowest BCUT2D eigenvalue weighted by Crippen LogP contribution is -1.83. The predicted octanol–water partition coefficient (Wildman–Crippen LogP) is 6.34. The van der Waals surface area contributed by atoms with Gasteiger partial charge in [0.05, 0.1) is 0 Å². The van der Waals surface area contributed by atoms with Crippen LogP contribution in [0.2, 0.25) is 0 Å². The van der Waals surface area contributed by atoms with Gasteiger partial charge in [-0.2, -0.15) is 0 Å². The molecule has 0 nitrogen and oxygen atoms in total. The molecule has 0 fully saturated rings. The second kappa shape index (κ2) is 7.89. The zero-order valence-corrected chi connectivity index (χ0v) is 13.4. The molecule has 0 saturated carbocycles. The van der Waals surface area contributed by atoms with Gasteiger partial charge in [0.1, 0.15) is 0 Å². The van der Waals surface area contributed by atoms with E-state index in [1.165, 1.54) is 24.0 Å². The third-order valence-corrected chi connectivity index (χ3v) is 3.93. The van der Waals surface area contributed by atoms with E-state index in [1.54, 1.807) is 0 Å². The molecule has 0 saturated heterocycles. The van der Waals surface area contributed by atoms with Crippen LogP contribution < -0.4 is 0 Å². The molecule has 0 aliphatic heterocycles. The highest BCUT2D eigenvalue weighted by atomic mass is 79.9. The molecule has 2 aromatic rings. The van der Waals surface area contributed by atoms with Crippen LogP contribution >= 0.6 is 15.9 Å². The van der Waals surface area contributed by atoms with Crippen LogP contribution in [0.5, 0.6) is 0 Å². The maximum atomic E-state index is 3.57. The van der Waals surface area contributed by atoms with Crippen LogP contribution in [0.4, 0.5) is 0 Å². The fourth-order valence-electron chi connectivity index (χ4n) is 2.05. The van der Waals surface area contributed by atoms with Gasteiger partial charge in [0.25, 0.3) is 0 Å². The van der Waals surface area contributed by atoms with Gasteiger partial charge in [-0.25, -0.2) is 0 Å². The van der Waals surface area contributed by atoms with Gasteiger partial charge in [0.15, 0.2) is 0 Å². The van der Waals surface area contributed by atoms with Crippen molar-refractivity contribution < 1.29 is 0 Å². The first-order valence-electron chi connectivity index (χ1n) is 7.07. The average molecular weight is 327 g/mol. The van der Waals surface area contributed by atoms with Crippen LogP contribution in [0.25, 0.3) is 11.6 Å².